The molecule has 0 aliphatic heterocycles. The van der Waals surface area contributed by atoms with Gasteiger partial charge in [0.2, 0.25) is 5.91 Å². The minimum atomic E-state index is -0.940. The molecular weight excluding hydrogens is 420 g/mol. The molecule has 0 bridgehead atoms. The van der Waals surface area contributed by atoms with E-state index in [0.29, 0.717) is 13.0 Å². The molecule has 1 aliphatic carbocycles. The van der Waals surface area contributed by atoms with Crippen LogP contribution in [-0.4, -0.2) is 53.7 Å². The lowest BCUT2D eigenvalue weighted by molar-refractivity contribution is -0.143. The SMILES string of the molecule is CC[C@H](CC(=O)N(CC)CC(C)C(=O)O)NC(=O)OCC1c2ccccc2-c2ccccc21. The molecule has 176 valence electrons. The number of aliphatic carboxylic acids is 1. The molecule has 2 aromatic rings. The van der Waals surface area contributed by atoms with Crippen molar-refractivity contribution in [2.24, 2.45) is 5.92 Å². The monoisotopic (exact) mass is 452 g/mol. The van der Waals surface area contributed by atoms with Crippen LogP contribution in [0, 0.1) is 5.92 Å². The number of carbonyl (C=O) groups excluding carboxylic acids is 2. The Hall–Kier alpha value is -3.35. The molecule has 2 amide bonds. The number of benzene rings is 2. The predicted octanol–water partition coefficient (Wildman–Crippen LogP) is 4.26. The highest BCUT2D eigenvalue weighted by Crippen LogP contribution is 2.44. The van der Waals surface area contributed by atoms with Crippen molar-refractivity contribution in [3.8, 4) is 11.1 Å². The normalized spacial score (nSPS) is 14.0. The van der Waals surface area contributed by atoms with Crippen LogP contribution < -0.4 is 5.32 Å². The van der Waals surface area contributed by atoms with E-state index in [9.17, 15) is 14.4 Å². The predicted molar refractivity (Wildman–Crippen MR) is 126 cm³/mol. The quantitative estimate of drug-likeness (QED) is 0.561. The molecule has 0 spiro atoms. The highest BCUT2D eigenvalue weighted by molar-refractivity contribution is 5.80. The molecular formula is C26H32N2O5. The van der Waals surface area contributed by atoms with Gasteiger partial charge >= 0.3 is 12.1 Å². The number of amides is 2. The fourth-order valence-electron chi connectivity index (χ4n) is 4.26. The van der Waals surface area contributed by atoms with Gasteiger partial charge in [-0.2, -0.15) is 0 Å². The average molecular weight is 453 g/mol. The largest absolute Gasteiger partial charge is 0.481 e. The number of hydrogen-bond donors (Lipinski definition) is 2. The van der Waals surface area contributed by atoms with Crippen LogP contribution in [-0.2, 0) is 14.3 Å². The van der Waals surface area contributed by atoms with Gasteiger partial charge in [-0.3, -0.25) is 9.59 Å². The molecule has 0 fully saturated rings. The lowest BCUT2D eigenvalue weighted by Gasteiger charge is -2.25. The second-order valence-electron chi connectivity index (χ2n) is 8.45. The maximum Gasteiger partial charge on any atom is 0.407 e. The van der Waals surface area contributed by atoms with Gasteiger partial charge in [0, 0.05) is 31.5 Å². The Morgan fingerprint density at radius 3 is 2.12 bits per heavy atom. The Kier molecular flexibility index (Phi) is 8.09. The summed E-state index contributed by atoms with van der Waals surface area (Å²) in [7, 11) is 0. The highest BCUT2D eigenvalue weighted by Gasteiger charge is 2.29. The summed E-state index contributed by atoms with van der Waals surface area (Å²) in [5.41, 5.74) is 4.60. The van der Waals surface area contributed by atoms with E-state index in [1.54, 1.807) is 6.92 Å². The Morgan fingerprint density at radius 2 is 1.61 bits per heavy atom. The summed E-state index contributed by atoms with van der Waals surface area (Å²) in [6.07, 6.45) is 0.0986. The fourth-order valence-corrected chi connectivity index (χ4v) is 4.26. The van der Waals surface area contributed by atoms with Crippen LogP contribution in [0.15, 0.2) is 48.5 Å². The van der Waals surface area contributed by atoms with E-state index in [1.165, 1.54) is 4.90 Å². The first-order chi connectivity index (χ1) is 15.8. The van der Waals surface area contributed by atoms with Gasteiger partial charge in [0.25, 0.3) is 0 Å². The number of nitrogens with one attached hydrogen (secondary N) is 1. The third kappa shape index (κ3) is 5.72. The third-order valence-corrected chi connectivity index (χ3v) is 6.23. The van der Waals surface area contributed by atoms with Gasteiger partial charge in [0.1, 0.15) is 6.61 Å². The molecule has 2 atom stereocenters. The van der Waals surface area contributed by atoms with E-state index >= 15 is 0 Å². The van der Waals surface area contributed by atoms with E-state index in [-0.39, 0.29) is 37.4 Å². The van der Waals surface area contributed by atoms with Crippen LogP contribution in [0.1, 0.15) is 50.7 Å². The summed E-state index contributed by atoms with van der Waals surface area (Å²) in [5, 5.41) is 11.9. The number of hydrogen-bond acceptors (Lipinski definition) is 4. The number of ether oxygens (including phenoxy) is 1. The van der Waals surface area contributed by atoms with Crippen molar-refractivity contribution in [1.82, 2.24) is 10.2 Å². The highest BCUT2D eigenvalue weighted by atomic mass is 16.5. The summed E-state index contributed by atoms with van der Waals surface area (Å²) < 4.78 is 5.58. The molecule has 0 saturated heterocycles. The number of fused-ring (bicyclic) bond motifs is 3. The van der Waals surface area contributed by atoms with Crippen molar-refractivity contribution in [3.05, 3.63) is 59.7 Å². The molecule has 1 aliphatic rings. The minimum Gasteiger partial charge on any atom is -0.481 e. The van der Waals surface area contributed by atoms with Crippen molar-refractivity contribution in [2.45, 2.75) is 45.6 Å². The molecule has 1 unspecified atom stereocenters. The topological polar surface area (TPSA) is 95.9 Å². The Bertz CT molecular complexity index is 960. The van der Waals surface area contributed by atoms with Gasteiger partial charge in [-0.15, -0.1) is 0 Å². The number of nitrogens with zero attached hydrogens (tertiary/aromatic N) is 1. The number of alkyl carbamates (subject to hydrolysis) is 1. The number of rotatable bonds is 10. The first-order valence-electron chi connectivity index (χ1n) is 11.5. The average Bonchev–Trinajstić information content (AvgIpc) is 3.14. The molecule has 33 heavy (non-hydrogen) atoms. The molecule has 0 saturated carbocycles. The smallest absolute Gasteiger partial charge is 0.407 e. The van der Waals surface area contributed by atoms with Crippen molar-refractivity contribution >= 4 is 18.0 Å². The zero-order valence-electron chi connectivity index (χ0n) is 19.4. The fraction of sp³-hybridized carbons (Fsp3) is 0.423. The van der Waals surface area contributed by atoms with Crippen LogP contribution in [0.25, 0.3) is 11.1 Å². The summed E-state index contributed by atoms with van der Waals surface area (Å²) >= 11 is 0. The summed E-state index contributed by atoms with van der Waals surface area (Å²) in [4.78, 5) is 37.8. The number of carboxylic acids is 1. The lowest BCUT2D eigenvalue weighted by Crippen LogP contribution is -2.42. The van der Waals surface area contributed by atoms with Crippen LogP contribution in [0.5, 0.6) is 0 Å². The zero-order chi connectivity index (χ0) is 24.0. The second-order valence-corrected chi connectivity index (χ2v) is 8.45. The minimum absolute atomic E-state index is 0.0297. The second kappa shape index (κ2) is 11.0. The van der Waals surface area contributed by atoms with E-state index < -0.39 is 18.0 Å². The summed E-state index contributed by atoms with van der Waals surface area (Å²) in [6.45, 7) is 6.04. The van der Waals surface area contributed by atoms with E-state index in [1.807, 2.05) is 38.1 Å². The van der Waals surface area contributed by atoms with Crippen molar-refractivity contribution in [2.75, 3.05) is 19.7 Å². The molecule has 0 aromatic heterocycles. The van der Waals surface area contributed by atoms with Gasteiger partial charge < -0.3 is 20.1 Å². The van der Waals surface area contributed by atoms with Crippen molar-refractivity contribution in [1.29, 1.82) is 0 Å². The van der Waals surface area contributed by atoms with Crippen LogP contribution in [0.2, 0.25) is 0 Å². The first-order valence-corrected chi connectivity index (χ1v) is 11.5. The standard InChI is InChI=1S/C26H32N2O5/c1-4-18(14-24(29)28(5-2)15-17(3)25(30)31)27-26(32)33-16-23-21-12-8-6-10-19(21)20-11-7-9-13-22(20)23/h6-13,17-18,23H,4-5,14-16H2,1-3H3,(H,27,32)(H,30,31)/t17?,18-/m1/s1. The van der Waals surface area contributed by atoms with Gasteiger partial charge in [0.05, 0.1) is 5.92 Å². The number of carbonyl (C=O) groups is 3. The van der Waals surface area contributed by atoms with Gasteiger partial charge in [0.15, 0.2) is 0 Å². The molecule has 7 heteroatoms. The van der Waals surface area contributed by atoms with Crippen LogP contribution >= 0.6 is 0 Å². The Morgan fingerprint density at radius 1 is 1.03 bits per heavy atom. The van der Waals surface area contributed by atoms with E-state index in [2.05, 4.69) is 29.6 Å². The third-order valence-electron chi connectivity index (χ3n) is 6.23. The van der Waals surface area contributed by atoms with Crippen molar-refractivity contribution < 1.29 is 24.2 Å². The zero-order valence-corrected chi connectivity index (χ0v) is 19.4. The Labute approximate surface area is 194 Å². The summed E-state index contributed by atoms with van der Waals surface area (Å²) in [5.74, 6) is -1.80. The van der Waals surface area contributed by atoms with Gasteiger partial charge in [-0.1, -0.05) is 62.4 Å². The molecule has 2 N–H and O–H groups in total. The molecule has 0 heterocycles. The van der Waals surface area contributed by atoms with Gasteiger partial charge in [-0.05, 0) is 35.6 Å². The molecule has 3 rings (SSSR count). The maximum absolute atomic E-state index is 12.7. The molecule has 7 nitrogen and oxygen atoms in total. The van der Waals surface area contributed by atoms with Gasteiger partial charge in [-0.25, -0.2) is 4.79 Å². The van der Waals surface area contributed by atoms with Crippen LogP contribution in [0.4, 0.5) is 4.79 Å². The molecule has 0 radical (unpaired) electrons. The van der Waals surface area contributed by atoms with Crippen LogP contribution in [0.3, 0.4) is 0 Å². The summed E-state index contributed by atoms with van der Waals surface area (Å²) in [6, 6.07) is 15.9. The lowest BCUT2D eigenvalue weighted by atomic mass is 9.98. The Balaban J connectivity index is 1.57. The first kappa shape index (κ1) is 24.3. The maximum atomic E-state index is 12.7. The van der Waals surface area contributed by atoms with E-state index in [4.69, 9.17) is 9.84 Å². The molecule has 2 aromatic carbocycles. The van der Waals surface area contributed by atoms with Crippen molar-refractivity contribution in [3.63, 3.8) is 0 Å². The number of carboxylic acid groups (broad SMARTS) is 1. The van der Waals surface area contributed by atoms with E-state index in [0.717, 1.165) is 22.3 Å².